The van der Waals surface area contributed by atoms with Crippen LogP contribution in [0.4, 0.5) is 0 Å². The van der Waals surface area contributed by atoms with Crippen molar-refractivity contribution in [3.63, 3.8) is 0 Å². The Kier molecular flexibility index (Phi) is 2.29. The lowest BCUT2D eigenvalue weighted by Gasteiger charge is -2.24. The summed E-state index contributed by atoms with van der Waals surface area (Å²) in [6.45, 7) is 0. The van der Waals surface area contributed by atoms with Crippen molar-refractivity contribution in [3.05, 3.63) is 35.4 Å². The molecule has 1 aromatic carbocycles. The van der Waals surface area contributed by atoms with Gasteiger partial charge in [0, 0.05) is 0 Å². The van der Waals surface area contributed by atoms with Crippen molar-refractivity contribution in [2.75, 3.05) is 0 Å². The van der Waals surface area contributed by atoms with Gasteiger partial charge in [-0.1, -0.05) is 24.3 Å². The van der Waals surface area contributed by atoms with E-state index in [1.165, 1.54) is 11.1 Å². The molecule has 2 atom stereocenters. The molecule has 0 heterocycles. The van der Waals surface area contributed by atoms with Crippen molar-refractivity contribution in [3.8, 4) is 0 Å². The van der Waals surface area contributed by atoms with Crippen LogP contribution in [0.1, 0.15) is 11.1 Å². The molecule has 1 aromatic rings. The Morgan fingerprint density at radius 3 is 1.75 bits per heavy atom. The number of halogens is 2. The number of fused-ring (bicyclic) bond motifs is 1. The van der Waals surface area contributed by atoms with Crippen LogP contribution in [-0.2, 0) is 12.8 Å². The topological polar surface area (TPSA) is 0 Å². The van der Waals surface area contributed by atoms with E-state index in [2.05, 4.69) is 24.3 Å². The van der Waals surface area contributed by atoms with Crippen LogP contribution in [0.2, 0.25) is 0 Å². The molecule has 0 radical (unpaired) electrons. The predicted molar refractivity (Wildman–Crippen MR) is 53.1 cm³/mol. The van der Waals surface area contributed by atoms with Gasteiger partial charge in [-0.3, -0.25) is 0 Å². The molecule has 0 nitrogen and oxygen atoms in total. The quantitative estimate of drug-likeness (QED) is 0.566. The smallest absolute Gasteiger partial charge is 0.0543 e. The summed E-state index contributed by atoms with van der Waals surface area (Å²) in [5.41, 5.74) is 2.71. The van der Waals surface area contributed by atoms with Gasteiger partial charge in [-0.05, 0) is 24.0 Å². The standard InChI is InChI=1S/C10H10Cl2/c11-9-5-7-3-1-2-4-8(7)6-10(9)12/h1-4,9-10H,5-6H2/t9-,10-/m0/s1. The zero-order valence-corrected chi connectivity index (χ0v) is 8.15. The molecule has 0 unspecified atom stereocenters. The third kappa shape index (κ3) is 1.46. The first-order valence-electron chi connectivity index (χ1n) is 4.12. The third-order valence-electron chi connectivity index (χ3n) is 2.34. The second kappa shape index (κ2) is 3.27. The lowest BCUT2D eigenvalue weighted by molar-refractivity contribution is 0.703. The van der Waals surface area contributed by atoms with Gasteiger partial charge >= 0.3 is 0 Å². The maximum Gasteiger partial charge on any atom is 0.0543 e. The van der Waals surface area contributed by atoms with E-state index >= 15 is 0 Å². The van der Waals surface area contributed by atoms with Gasteiger partial charge in [0.1, 0.15) is 0 Å². The number of hydrogen-bond donors (Lipinski definition) is 0. The van der Waals surface area contributed by atoms with Gasteiger partial charge in [0.25, 0.3) is 0 Å². The molecule has 0 aliphatic heterocycles. The van der Waals surface area contributed by atoms with Gasteiger partial charge in [-0.2, -0.15) is 0 Å². The zero-order valence-electron chi connectivity index (χ0n) is 6.63. The molecule has 1 aliphatic carbocycles. The summed E-state index contributed by atoms with van der Waals surface area (Å²) in [7, 11) is 0. The monoisotopic (exact) mass is 200 g/mol. The van der Waals surface area contributed by atoms with E-state index in [0.29, 0.717) is 0 Å². The van der Waals surface area contributed by atoms with Gasteiger partial charge in [-0.25, -0.2) is 0 Å². The van der Waals surface area contributed by atoms with E-state index in [4.69, 9.17) is 23.2 Å². The minimum Gasteiger partial charge on any atom is -0.121 e. The number of hydrogen-bond acceptors (Lipinski definition) is 0. The van der Waals surface area contributed by atoms with Crippen molar-refractivity contribution < 1.29 is 0 Å². The molecule has 0 saturated carbocycles. The fraction of sp³-hybridized carbons (Fsp3) is 0.400. The van der Waals surface area contributed by atoms with Gasteiger partial charge in [0.15, 0.2) is 0 Å². The van der Waals surface area contributed by atoms with E-state index in [1.54, 1.807) is 0 Å². The summed E-state index contributed by atoms with van der Waals surface area (Å²) in [6, 6.07) is 8.37. The van der Waals surface area contributed by atoms with Crippen molar-refractivity contribution in [1.82, 2.24) is 0 Å². The van der Waals surface area contributed by atoms with E-state index in [-0.39, 0.29) is 10.8 Å². The first-order chi connectivity index (χ1) is 5.77. The van der Waals surface area contributed by atoms with Gasteiger partial charge in [-0.15, -0.1) is 23.2 Å². The molecule has 2 rings (SSSR count). The SMILES string of the molecule is Cl[C@H]1Cc2ccccc2C[C@@H]1Cl. The van der Waals surface area contributed by atoms with Crippen molar-refractivity contribution in [1.29, 1.82) is 0 Å². The Hall–Kier alpha value is -0.200. The second-order valence-corrected chi connectivity index (χ2v) is 4.33. The minimum atomic E-state index is 0.0987. The molecular formula is C10H10Cl2. The molecular weight excluding hydrogens is 191 g/mol. The zero-order chi connectivity index (χ0) is 8.55. The average Bonchev–Trinajstić information content (AvgIpc) is 2.07. The largest absolute Gasteiger partial charge is 0.121 e. The molecule has 0 amide bonds. The highest BCUT2D eigenvalue weighted by Crippen LogP contribution is 2.27. The minimum absolute atomic E-state index is 0.0987. The van der Waals surface area contributed by atoms with Gasteiger partial charge in [0.2, 0.25) is 0 Å². The number of rotatable bonds is 0. The molecule has 1 aliphatic rings. The highest BCUT2D eigenvalue weighted by atomic mass is 35.5. The molecule has 0 saturated heterocycles. The van der Waals surface area contributed by atoms with Gasteiger partial charge < -0.3 is 0 Å². The fourth-order valence-electron chi connectivity index (χ4n) is 1.63. The van der Waals surface area contributed by atoms with Crippen LogP contribution in [0.25, 0.3) is 0 Å². The highest BCUT2D eigenvalue weighted by molar-refractivity contribution is 6.30. The lowest BCUT2D eigenvalue weighted by Crippen LogP contribution is -2.26. The van der Waals surface area contributed by atoms with Crippen LogP contribution >= 0.6 is 23.2 Å². The van der Waals surface area contributed by atoms with E-state index in [9.17, 15) is 0 Å². The molecule has 0 bridgehead atoms. The van der Waals surface area contributed by atoms with Crippen LogP contribution in [0.15, 0.2) is 24.3 Å². The summed E-state index contributed by atoms with van der Waals surface area (Å²) >= 11 is 12.1. The van der Waals surface area contributed by atoms with Gasteiger partial charge in [0.05, 0.1) is 10.8 Å². The predicted octanol–water partition coefficient (Wildman–Crippen LogP) is 3.00. The van der Waals surface area contributed by atoms with Crippen molar-refractivity contribution in [2.45, 2.75) is 23.6 Å². The molecule has 0 fully saturated rings. The Balaban J connectivity index is 2.34. The van der Waals surface area contributed by atoms with E-state index in [0.717, 1.165) is 12.8 Å². The molecule has 64 valence electrons. The number of alkyl halides is 2. The van der Waals surface area contributed by atoms with Crippen LogP contribution in [0, 0.1) is 0 Å². The highest BCUT2D eigenvalue weighted by Gasteiger charge is 2.24. The summed E-state index contributed by atoms with van der Waals surface area (Å²) in [6.07, 6.45) is 1.82. The maximum atomic E-state index is 6.06. The second-order valence-electron chi connectivity index (χ2n) is 3.21. The molecule has 0 aromatic heterocycles. The normalized spacial score (nSPS) is 28.2. The Labute approximate surface area is 82.5 Å². The first kappa shape index (κ1) is 8.40. The summed E-state index contributed by atoms with van der Waals surface area (Å²) in [5.74, 6) is 0. The Bertz CT molecular complexity index is 254. The summed E-state index contributed by atoms with van der Waals surface area (Å²) < 4.78 is 0. The third-order valence-corrected chi connectivity index (χ3v) is 3.39. The maximum absolute atomic E-state index is 6.06. The average molecular weight is 201 g/mol. The molecule has 2 heteroatoms. The van der Waals surface area contributed by atoms with Crippen LogP contribution in [0.5, 0.6) is 0 Å². The van der Waals surface area contributed by atoms with Crippen LogP contribution < -0.4 is 0 Å². The van der Waals surface area contributed by atoms with E-state index in [1.807, 2.05) is 0 Å². The first-order valence-corrected chi connectivity index (χ1v) is 4.99. The Morgan fingerprint density at radius 1 is 0.917 bits per heavy atom. The van der Waals surface area contributed by atoms with Crippen LogP contribution in [0.3, 0.4) is 0 Å². The summed E-state index contributed by atoms with van der Waals surface area (Å²) in [5, 5.41) is 0.197. The van der Waals surface area contributed by atoms with Crippen LogP contribution in [-0.4, -0.2) is 10.8 Å². The summed E-state index contributed by atoms with van der Waals surface area (Å²) in [4.78, 5) is 0. The lowest BCUT2D eigenvalue weighted by atomic mass is 9.91. The number of benzene rings is 1. The molecule has 0 spiro atoms. The van der Waals surface area contributed by atoms with E-state index < -0.39 is 0 Å². The molecule has 12 heavy (non-hydrogen) atoms. The molecule has 0 N–H and O–H groups in total. The fourth-order valence-corrected chi connectivity index (χ4v) is 2.14. The van der Waals surface area contributed by atoms with Crippen molar-refractivity contribution in [2.24, 2.45) is 0 Å². The van der Waals surface area contributed by atoms with Crippen molar-refractivity contribution >= 4 is 23.2 Å². The Morgan fingerprint density at radius 2 is 1.33 bits per heavy atom.